The fraction of sp³-hybridized carbons (Fsp3) is 0.400. The van der Waals surface area contributed by atoms with Crippen molar-refractivity contribution >= 4 is 28.2 Å². The van der Waals surface area contributed by atoms with Crippen LogP contribution in [0.25, 0.3) is 10.9 Å². The molecule has 0 saturated carbocycles. The molecule has 1 fully saturated rings. The highest BCUT2D eigenvalue weighted by atomic mass is 35.5. The third-order valence-corrected chi connectivity index (χ3v) is 3.91. The predicted molar refractivity (Wildman–Crippen MR) is 80.9 cm³/mol. The van der Waals surface area contributed by atoms with Gasteiger partial charge in [-0.15, -0.1) is 0 Å². The molecule has 2 heterocycles. The van der Waals surface area contributed by atoms with Crippen LogP contribution in [0.4, 0.5) is 5.69 Å². The van der Waals surface area contributed by atoms with E-state index in [0.717, 1.165) is 34.6 Å². The minimum absolute atomic E-state index is 0.676. The third-order valence-electron chi connectivity index (χ3n) is 3.68. The number of hydrogen-bond donors (Lipinski definition) is 2. The number of rotatable bonds is 4. The summed E-state index contributed by atoms with van der Waals surface area (Å²) in [6, 6.07) is 8.55. The first-order valence-electron chi connectivity index (χ1n) is 6.84. The number of fused-ring (bicyclic) bond motifs is 1. The van der Waals surface area contributed by atoms with Crippen LogP contribution in [0.1, 0.15) is 19.3 Å². The number of pyridine rings is 1. The molecule has 0 spiro atoms. The molecule has 4 heteroatoms. The highest BCUT2D eigenvalue weighted by Crippen LogP contribution is 2.24. The topological polar surface area (TPSA) is 37.0 Å². The average molecular weight is 276 g/mol. The lowest BCUT2D eigenvalue weighted by Crippen LogP contribution is -2.24. The van der Waals surface area contributed by atoms with Gasteiger partial charge in [0.1, 0.15) is 0 Å². The van der Waals surface area contributed by atoms with Gasteiger partial charge in [-0.05, 0) is 50.1 Å². The number of halogens is 1. The third kappa shape index (κ3) is 2.99. The fourth-order valence-corrected chi connectivity index (χ4v) is 2.83. The van der Waals surface area contributed by atoms with Crippen LogP contribution in [-0.2, 0) is 0 Å². The lowest BCUT2D eigenvalue weighted by molar-refractivity contribution is 0.574. The SMILES string of the molecule is Clc1ccc2c(NCC[C@H]3CCCN3)ccnc2c1. The molecule has 19 heavy (non-hydrogen) atoms. The summed E-state index contributed by atoms with van der Waals surface area (Å²) in [5.41, 5.74) is 2.08. The van der Waals surface area contributed by atoms with E-state index in [2.05, 4.69) is 15.6 Å². The van der Waals surface area contributed by atoms with Gasteiger partial charge < -0.3 is 10.6 Å². The molecule has 2 N–H and O–H groups in total. The molecule has 1 saturated heterocycles. The Morgan fingerprint density at radius 3 is 3.16 bits per heavy atom. The predicted octanol–water partition coefficient (Wildman–Crippen LogP) is 3.44. The summed E-state index contributed by atoms with van der Waals surface area (Å²) in [5, 5.41) is 8.89. The van der Waals surface area contributed by atoms with Gasteiger partial charge in [-0.25, -0.2) is 0 Å². The summed E-state index contributed by atoms with van der Waals surface area (Å²) < 4.78 is 0. The Kier molecular flexibility index (Phi) is 3.85. The smallest absolute Gasteiger partial charge is 0.0737 e. The minimum atomic E-state index is 0.676. The molecule has 2 aromatic rings. The van der Waals surface area contributed by atoms with Crippen molar-refractivity contribution < 1.29 is 0 Å². The monoisotopic (exact) mass is 275 g/mol. The first-order valence-corrected chi connectivity index (χ1v) is 7.22. The Morgan fingerprint density at radius 1 is 1.37 bits per heavy atom. The van der Waals surface area contributed by atoms with Crippen molar-refractivity contribution in [2.45, 2.75) is 25.3 Å². The van der Waals surface area contributed by atoms with Crippen LogP contribution in [0.3, 0.4) is 0 Å². The van der Waals surface area contributed by atoms with Crippen molar-refractivity contribution in [3.63, 3.8) is 0 Å². The van der Waals surface area contributed by atoms with Gasteiger partial charge in [-0.3, -0.25) is 4.98 Å². The second-order valence-electron chi connectivity index (χ2n) is 5.03. The van der Waals surface area contributed by atoms with Crippen LogP contribution >= 0.6 is 11.6 Å². The van der Waals surface area contributed by atoms with E-state index in [1.807, 2.05) is 30.5 Å². The maximum absolute atomic E-state index is 5.99. The van der Waals surface area contributed by atoms with E-state index < -0.39 is 0 Å². The summed E-state index contributed by atoms with van der Waals surface area (Å²) in [5.74, 6) is 0. The van der Waals surface area contributed by atoms with E-state index >= 15 is 0 Å². The maximum atomic E-state index is 5.99. The molecule has 0 radical (unpaired) electrons. The fourth-order valence-electron chi connectivity index (χ4n) is 2.66. The summed E-state index contributed by atoms with van der Waals surface area (Å²) in [7, 11) is 0. The first-order chi connectivity index (χ1) is 9.33. The van der Waals surface area contributed by atoms with Crippen LogP contribution in [0.15, 0.2) is 30.5 Å². The van der Waals surface area contributed by atoms with E-state index in [1.165, 1.54) is 19.4 Å². The molecule has 0 unspecified atom stereocenters. The second kappa shape index (κ2) is 5.76. The summed E-state index contributed by atoms with van der Waals surface area (Å²) in [6.45, 7) is 2.15. The van der Waals surface area contributed by atoms with Crippen LogP contribution in [0.5, 0.6) is 0 Å². The Bertz CT molecular complexity index is 564. The van der Waals surface area contributed by atoms with Gasteiger partial charge in [0, 0.05) is 34.9 Å². The van der Waals surface area contributed by atoms with Gasteiger partial charge in [0.15, 0.2) is 0 Å². The van der Waals surface area contributed by atoms with Crippen molar-refractivity contribution in [2.24, 2.45) is 0 Å². The van der Waals surface area contributed by atoms with Crippen LogP contribution < -0.4 is 10.6 Å². The molecule has 1 aliphatic rings. The molecule has 0 aliphatic carbocycles. The first kappa shape index (κ1) is 12.7. The van der Waals surface area contributed by atoms with Gasteiger partial charge in [0.2, 0.25) is 0 Å². The number of hydrogen-bond acceptors (Lipinski definition) is 3. The van der Waals surface area contributed by atoms with Crippen LogP contribution in [0.2, 0.25) is 5.02 Å². The van der Waals surface area contributed by atoms with E-state index in [9.17, 15) is 0 Å². The number of nitrogens with zero attached hydrogens (tertiary/aromatic N) is 1. The number of nitrogens with one attached hydrogen (secondary N) is 2. The van der Waals surface area contributed by atoms with Gasteiger partial charge in [-0.1, -0.05) is 11.6 Å². The summed E-state index contributed by atoms with van der Waals surface area (Å²) >= 11 is 5.99. The van der Waals surface area contributed by atoms with Gasteiger partial charge in [0.25, 0.3) is 0 Å². The second-order valence-corrected chi connectivity index (χ2v) is 5.47. The number of aromatic nitrogens is 1. The molecule has 1 aliphatic heterocycles. The van der Waals surface area contributed by atoms with E-state index in [0.29, 0.717) is 6.04 Å². The van der Waals surface area contributed by atoms with Crippen molar-refractivity contribution in [3.05, 3.63) is 35.5 Å². The minimum Gasteiger partial charge on any atom is -0.384 e. The normalized spacial score (nSPS) is 18.9. The summed E-state index contributed by atoms with van der Waals surface area (Å²) in [4.78, 5) is 4.35. The van der Waals surface area contributed by atoms with Crippen molar-refractivity contribution in [1.29, 1.82) is 0 Å². The lowest BCUT2D eigenvalue weighted by atomic mass is 10.1. The molecule has 100 valence electrons. The zero-order valence-electron chi connectivity index (χ0n) is 10.8. The van der Waals surface area contributed by atoms with Crippen molar-refractivity contribution in [1.82, 2.24) is 10.3 Å². The van der Waals surface area contributed by atoms with E-state index in [1.54, 1.807) is 0 Å². The Morgan fingerprint density at radius 2 is 2.32 bits per heavy atom. The number of anilines is 1. The average Bonchev–Trinajstić information content (AvgIpc) is 2.92. The maximum Gasteiger partial charge on any atom is 0.0737 e. The Hall–Kier alpha value is -1.32. The van der Waals surface area contributed by atoms with Crippen molar-refractivity contribution in [2.75, 3.05) is 18.4 Å². The molecule has 1 atom stereocenters. The molecule has 1 aromatic carbocycles. The zero-order chi connectivity index (χ0) is 13.1. The molecule has 0 bridgehead atoms. The highest BCUT2D eigenvalue weighted by Gasteiger charge is 2.13. The quantitative estimate of drug-likeness (QED) is 0.897. The highest BCUT2D eigenvalue weighted by molar-refractivity contribution is 6.31. The Balaban J connectivity index is 1.70. The van der Waals surface area contributed by atoms with Crippen LogP contribution in [0, 0.1) is 0 Å². The van der Waals surface area contributed by atoms with E-state index in [-0.39, 0.29) is 0 Å². The standard InChI is InChI=1S/C15H18ClN3/c16-11-3-4-13-14(6-9-19-15(13)10-11)18-8-5-12-2-1-7-17-12/h3-4,6,9-10,12,17H,1-2,5,7-8H2,(H,18,19)/t12-/m1/s1. The molecule has 3 nitrogen and oxygen atoms in total. The van der Waals surface area contributed by atoms with E-state index in [4.69, 9.17) is 11.6 Å². The molecular formula is C15H18ClN3. The molecular weight excluding hydrogens is 258 g/mol. The molecule has 0 amide bonds. The molecule has 1 aromatic heterocycles. The van der Waals surface area contributed by atoms with Gasteiger partial charge in [-0.2, -0.15) is 0 Å². The van der Waals surface area contributed by atoms with Crippen molar-refractivity contribution in [3.8, 4) is 0 Å². The Labute approximate surface area is 118 Å². The van der Waals surface area contributed by atoms with Crippen LogP contribution in [-0.4, -0.2) is 24.1 Å². The number of benzene rings is 1. The molecule has 3 rings (SSSR count). The lowest BCUT2D eigenvalue weighted by Gasteiger charge is -2.13. The zero-order valence-corrected chi connectivity index (χ0v) is 11.6. The summed E-state index contributed by atoms with van der Waals surface area (Å²) in [6.07, 6.45) is 5.60. The van der Waals surface area contributed by atoms with Gasteiger partial charge in [0.05, 0.1) is 5.52 Å². The van der Waals surface area contributed by atoms with Gasteiger partial charge >= 0.3 is 0 Å². The largest absolute Gasteiger partial charge is 0.384 e.